The van der Waals surface area contributed by atoms with Crippen LogP contribution in [0.2, 0.25) is 0 Å². The van der Waals surface area contributed by atoms with Crippen LogP contribution in [0.25, 0.3) is 0 Å². The van der Waals surface area contributed by atoms with Crippen molar-refractivity contribution in [2.24, 2.45) is 5.41 Å². The Hall–Kier alpha value is -0.450. The second kappa shape index (κ2) is 6.13. The van der Waals surface area contributed by atoms with Gasteiger partial charge in [0.15, 0.2) is 0 Å². The first-order valence-corrected chi connectivity index (χ1v) is 7.08. The molecule has 0 atom stereocenters. The number of hydrogen-bond acceptors (Lipinski definition) is 2. The van der Waals surface area contributed by atoms with Gasteiger partial charge in [-0.2, -0.15) is 0 Å². The molecule has 100 valence electrons. The Balaban J connectivity index is 1.76. The molecule has 1 aromatic carbocycles. The van der Waals surface area contributed by atoms with E-state index in [0.29, 0.717) is 9.89 Å². The van der Waals surface area contributed by atoms with Gasteiger partial charge in [-0.15, -0.1) is 0 Å². The van der Waals surface area contributed by atoms with E-state index < -0.39 is 0 Å². The lowest BCUT2D eigenvalue weighted by atomic mass is 10.0. The van der Waals surface area contributed by atoms with Crippen molar-refractivity contribution in [1.82, 2.24) is 5.32 Å². The number of ether oxygens (including phenoxy) is 1. The summed E-state index contributed by atoms with van der Waals surface area (Å²) in [4.78, 5) is 0. The lowest BCUT2D eigenvalue weighted by molar-refractivity contribution is 0.171. The summed E-state index contributed by atoms with van der Waals surface area (Å²) in [5.41, 5.74) is 1.42. The second-order valence-electron chi connectivity index (χ2n) is 5.09. The molecule has 0 amide bonds. The van der Waals surface area contributed by atoms with Crippen LogP contribution in [-0.2, 0) is 11.3 Å². The largest absolute Gasteiger partial charge is 0.385 e. The quantitative estimate of drug-likeness (QED) is 0.831. The number of nitrogens with one attached hydrogen (secondary N) is 1. The fraction of sp³-hybridized carbons (Fsp3) is 0.571. The third-order valence-corrected chi connectivity index (χ3v) is 4.25. The molecule has 0 heterocycles. The molecule has 1 aromatic rings. The molecule has 18 heavy (non-hydrogen) atoms. The highest BCUT2D eigenvalue weighted by Crippen LogP contribution is 2.48. The average molecular weight is 316 g/mol. The summed E-state index contributed by atoms with van der Waals surface area (Å²) in [6.07, 6.45) is 3.67. The molecular formula is C14H19BrFNO. The zero-order valence-corrected chi connectivity index (χ0v) is 12.2. The molecule has 0 unspecified atom stereocenters. The summed E-state index contributed by atoms with van der Waals surface area (Å²) in [5, 5.41) is 3.42. The Labute approximate surface area is 116 Å². The lowest BCUT2D eigenvalue weighted by Gasteiger charge is -2.15. The van der Waals surface area contributed by atoms with Crippen LogP contribution in [0.3, 0.4) is 0 Å². The maximum absolute atomic E-state index is 13.3. The zero-order valence-electron chi connectivity index (χ0n) is 10.6. The highest BCUT2D eigenvalue weighted by atomic mass is 79.9. The number of rotatable bonds is 7. The zero-order chi connectivity index (χ0) is 13.0. The van der Waals surface area contributed by atoms with Gasteiger partial charge in [0.25, 0.3) is 0 Å². The summed E-state index contributed by atoms with van der Waals surface area (Å²) in [7, 11) is 1.74. The monoisotopic (exact) mass is 315 g/mol. The highest BCUT2D eigenvalue weighted by molar-refractivity contribution is 9.10. The molecule has 0 aromatic heterocycles. The molecule has 0 bridgehead atoms. The topological polar surface area (TPSA) is 21.3 Å². The van der Waals surface area contributed by atoms with Crippen LogP contribution in [0.5, 0.6) is 0 Å². The maximum atomic E-state index is 13.3. The van der Waals surface area contributed by atoms with Gasteiger partial charge in [-0.1, -0.05) is 6.07 Å². The van der Waals surface area contributed by atoms with Crippen LogP contribution in [0, 0.1) is 11.2 Å². The van der Waals surface area contributed by atoms with Crippen molar-refractivity contribution in [2.75, 3.05) is 20.3 Å². The van der Waals surface area contributed by atoms with Crippen LogP contribution in [0.15, 0.2) is 22.7 Å². The molecule has 4 heteroatoms. The molecule has 2 nitrogen and oxygen atoms in total. The standard InChI is InChI=1S/C14H19BrFNO/c1-18-7-6-14(4-5-14)10-17-9-11-2-3-12(15)13(16)8-11/h2-3,8,17H,4-7,9-10H2,1H3. The third-order valence-electron chi connectivity index (χ3n) is 3.61. The van der Waals surface area contributed by atoms with Gasteiger partial charge in [-0.3, -0.25) is 0 Å². The van der Waals surface area contributed by atoms with Crippen LogP contribution in [0.4, 0.5) is 4.39 Å². The van der Waals surface area contributed by atoms with Crippen molar-refractivity contribution < 1.29 is 9.13 Å². The fourth-order valence-electron chi connectivity index (χ4n) is 2.13. The van der Waals surface area contributed by atoms with Crippen LogP contribution >= 0.6 is 15.9 Å². The van der Waals surface area contributed by atoms with Crippen molar-refractivity contribution in [3.8, 4) is 0 Å². The average Bonchev–Trinajstić information content (AvgIpc) is 3.12. The van der Waals surface area contributed by atoms with Crippen molar-refractivity contribution in [3.63, 3.8) is 0 Å². The maximum Gasteiger partial charge on any atom is 0.137 e. The van der Waals surface area contributed by atoms with Crippen molar-refractivity contribution in [3.05, 3.63) is 34.1 Å². The molecule has 1 N–H and O–H groups in total. The molecular weight excluding hydrogens is 297 g/mol. The van der Waals surface area contributed by atoms with Gasteiger partial charge >= 0.3 is 0 Å². The van der Waals surface area contributed by atoms with Gasteiger partial charge in [0.05, 0.1) is 4.47 Å². The Morgan fingerprint density at radius 3 is 2.83 bits per heavy atom. The minimum Gasteiger partial charge on any atom is -0.385 e. The van der Waals surface area contributed by atoms with E-state index in [1.165, 1.54) is 12.8 Å². The first-order valence-electron chi connectivity index (χ1n) is 6.29. The Morgan fingerprint density at radius 2 is 2.22 bits per heavy atom. The summed E-state index contributed by atoms with van der Waals surface area (Å²) >= 11 is 3.16. The van der Waals surface area contributed by atoms with E-state index in [4.69, 9.17) is 4.74 Å². The first kappa shape index (κ1) is 14.0. The molecule has 1 aliphatic rings. The van der Waals surface area contributed by atoms with E-state index in [1.54, 1.807) is 19.2 Å². The molecule has 0 spiro atoms. The van der Waals surface area contributed by atoms with Gasteiger partial charge < -0.3 is 10.1 Å². The Kier molecular flexibility index (Phi) is 4.76. The van der Waals surface area contributed by atoms with Gasteiger partial charge in [0, 0.05) is 26.8 Å². The first-order chi connectivity index (χ1) is 8.65. The normalized spacial score (nSPS) is 16.8. The van der Waals surface area contributed by atoms with Crippen molar-refractivity contribution in [1.29, 1.82) is 0 Å². The minimum absolute atomic E-state index is 0.199. The molecule has 0 radical (unpaired) electrons. The molecule has 1 aliphatic carbocycles. The fourth-order valence-corrected chi connectivity index (χ4v) is 2.38. The SMILES string of the molecule is COCCC1(CNCc2ccc(Br)c(F)c2)CC1. The smallest absolute Gasteiger partial charge is 0.137 e. The van der Waals surface area contributed by atoms with Gasteiger partial charge in [0.1, 0.15) is 5.82 Å². The predicted octanol–water partition coefficient (Wildman–Crippen LogP) is 3.49. The number of benzene rings is 1. The minimum atomic E-state index is -0.199. The molecule has 1 fully saturated rings. The number of methoxy groups -OCH3 is 1. The molecule has 1 saturated carbocycles. The van der Waals surface area contributed by atoms with Crippen LogP contribution < -0.4 is 5.32 Å². The summed E-state index contributed by atoms with van der Waals surface area (Å²) in [6, 6.07) is 5.27. The van der Waals surface area contributed by atoms with Crippen LogP contribution in [-0.4, -0.2) is 20.3 Å². The van der Waals surface area contributed by atoms with E-state index in [0.717, 1.165) is 31.7 Å². The van der Waals surface area contributed by atoms with Gasteiger partial charge in [0.2, 0.25) is 0 Å². The van der Waals surface area contributed by atoms with Gasteiger partial charge in [-0.05, 0) is 58.3 Å². The number of hydrogen-bond donors (Lipinski definition) is 1. The van der Waals surface area contributed by atoms with Crippen molar-refractivity contribution in [2.45, 2.75) is 25.8 Å². The van der Waals surface area contributed by atoms with E-state index >= 15 is 0 Å². The molecule has 0 aliphatic heterocycles. The highest BCUT2D eigenvalue weighted by Gasteiger charge is 2.41. The Bertz CT molecular complexity index is 407. The number of halogens is 2. The summed E-state index contributed by atoms with van der Waals surface area (Å²) in [5.74, 6) is -0.199. The predicted molar refractivity (Wildman–Crippen MR) is 74.0 cm³/mol. The van der Waals surface area contributed by atoms with E-state index in [-0.39, 0.29) is 5.82 Å². The van der Waals surface area contributed by atoms with Crippen molar-refractivity contribution >= 4 is 15.9 Å². The molecule has 2 rings (SSSR count). The second-order valence-corrected chi connectivity index (χ2v) is 5.95. The summed E-state index contributed by atoms with van der Waals surface area (Å²) < 4.78 is 19.0. The lowest BCUT2D eigenvalue weighted by Crippen LogP contribution is -2.24. The van der Waals surface area contributed by atoms with E-state index in [9.17, 15) is 4.39 Å². The summed E-state index contributed by atoms with van der Waals surface area (Å²) in [6.45, 7) is 2.54. The third kappa shape index (κ3) is 3.77. The Morgan fingerprint density at radius 1 is 1.44 bits per heavy atom. The van der Waals surface area contributed by atoms with Crippen LogP contribution in [0.1, 0.15) is 24.8 Å². The van der Waals surface area contributed by atoms with Gasteiger partial charge in [-0.25, -0.2) is 4.39 Å². The van der Waals surface area contributed by atoms with E-state index in [2.05, 4.69) is 21.2 Å². The van der Waals surface area contributed by atoms with E-state index in [1.807, 2.05) is 6.07 Å². The molecule has 0 saturated heterocycles.